The Balaban J connectivity index is 2.13. The van der Waals surface area contributed by atoms with E-state index in [-0.39, 0.29) is 5.78 Å². The Bertz CT molecular complexity index is 503. The van der Waals surface area contributed by atoms with Gasteiger partial charge in [0.1, 0.15) is 5.75 Å². The number of Topliss-reactive ketones (excluding diaryl/α,β-unsaturated/α-hetero) is 2. The maximum Gasteiger partial charge on any atom is 0.246 e. The third-order valence-corrected chi connectivity index (χ3v) is 3.95. The second-order valence-electron chi connectivity index (χ2n) is 4.25. The molecule has 0 saturated heterocycles. The standard InChI is InChI=1S/C12H9IO3/c13-7-2-3-8-9(6-7)16-12(4-1-5-12)11(15)10(8)14/h2-3,6H,1,4-5H2. The van der Waals surface area contributed by atoms with E-state index >= 15 is 0 Å². The first kappa shape index (κ1) is 10.3. The second kappa shape index (κ2) is 3.29. The van der Waals surface area contributed by atoms with E-state index in [1.54, 1.807) is 6.07 Å². The summed E-state index contributed by atoms with van der Waals surface area (Å²) in [5.41, 5.74) is -0.419. The molecule has 1 spiro atoms. The molecule has 1 aromatic carbocycles. The number of benzene rings is 1. The number of ether oxygens (including phenoxy) is 1. The Morgan fingerprint density at radius 1 is 1.25 bits per heavy atom. The van der Waals surface area contributed by atoms with E-state index < -0.39 is 11.4 Å². The van der Waals surface area contributed by atoms with Crippen LogP contribution in [0.25, 0.3) is 0 Å². The van der Waals surface area contributed by atoms with Crippen molar-refractivity contribution in [1.82, 2.24) is 0 Å². The molecule has 1 aliphatic carbocycles. The number of hydrogen-bond donors (Lipinski definition) is 0. The summed E-state index contributed by atoms with van der Waals surface area (Å²) in [6.45, 7) is 0. The number of carbonyl (C=O) groups excluding carboxylic acids is 2. The summed E-state index contributed by atoms with van der Waals surface area (Å²) in [6.07, 6.45) is 2.29. The molecule has 1 aliphatic heterocycles. The van der Waals surface area contributed by atoms with Gasteiger partial charge in [-0.3, -0.25) is 9.59 Å². The predicted molar refractivity (Wildman–Crippen MR) is 65.7 cm³/mol. The Hall–Kier alpha value is -0.910. The zero-order valence-corrected chi connectivity index (χ0v) is 10.6. The molecule has 0 atom stereocenters. The summed E-state index contributed by atoms with van der Waals surface area (Å²) < 4.78 is 6.75. The number of carbonyl (C=O) groups is 2. The highest BCUT2D eigenvalue weighted by molar-refractivity contribution is 14.1. The summed E-state index contributed by atoms with van der Waals surface area (Å²) in [6, 6.07) is 5.30. The molecule has 0 radical (unpaired) electrons. The molecule has 1 aromatic rings. The van der Waals surface area contributed by atoms with Crippen molar-refractivity contribution in [3.63, 3.8) is 0 Å². The van der Waals surface area contributed by atoms with E-state index in [1.165, 1.54) is 0 Å². The van der Waals surface area contributed by atoms with E-state index in [1.807, 2.05) is 12.1 Å². The molecular formula is C12H9IO3. The van der Waals surface area contributed by atoms with Crippen LogP contribution in [-0.2, 0) is 4.79 Å². The van der Waals surface area contributed by atoms with E-state index in [0.29, 0.717) is 24.2 Å². The SMILES string of the molecule is O=C1C(=O)C2(CCC2)Oc2cc(I)ccc21. The van der Waals surface area contributed by atoms with Crippen molar-refractivity contribution in [3.05, 3.63) is 27.3 Å². The summed E-state index contributed by atoms with van der Waals surface area (Å²) in [7, 11) is 0. The molecule has 3 nitrogen and oxygen atoms in total. The first-order chi connectivity index (χ1) is 7.62. The molecule has 1 saturated carbocycles. The summed E-state index contributed by atoms with van der Waals surface area (Å²) >= 11 is 2.16. The molecule has 2 aliphatic rings. The van der Waals surface area contributed by atoms with Gasteiger partial charge >= 0.3 is 0 Å². The van der Waals surface area contributed by atoms with Gasteiger partial charge in [0.05, 0.1) is 5.56 Å². The lowest BCUT2D eigenvalue weighted by molar-refractivity contribution is -0.138. The second-order valence-corrected chi connectivity index (χ2v) is 5.49. The minimum absolute atomic E-state index is 0.368. The first-order valence-electron chi connectivity index (χ1n) is 5.20. The van der Waals surface area contributed by atoms with Crippen molar-refractivity contribution < 1.29 is 14.3 Å². The van der Waals surface area contributed by atoms with Gasteiger partial charge in [-0.1, -0.05) is 0 Å². The van der Waals surface area contributed by atoms with Crippen molar-refractivity contribution >= 4 is 34.2 Å². The average Bonchev–Trinajstić information content (AvgIpc) is 2.20. The van der Waals surface area contributed by atoms with Crippen LogP contribution in [-0.4, -0.2) is 17.2 Å². The van der Waals surface area contributed by atoms with E-state index in [0.717, 1.165) is 9.99 Å². The molecule has 1 fully saturated rings. The summed E-state index contributed by atoms with van der Waals surface area (Å²) in [5.74, 6) is -0.194. The van der Waals surface area contributed by atoms with E-state index in [4.69, 9.17) is 4.74 Å². The number of hydrogen-bond acceptors (Lipinski definition) is 3. The van der Waals surface area contributed by atoms with Crippen molar-refractivity contribution in [2.75, 3.05) is 0 Å². The molecule has 0 unspecified atom stereocenters. The number of fused-ring (bicyclic) bond motifs is 1. The summed E-state index contributed by atoms with van der Waals surface area (Å²) in [5, 5.41) is 0. The van der Waals surface area contributed by atoms with Gasteiger partial charge in [-0.15, -0.1) is 0 Å². The Morgan fingerprint density at radius 3 is 2.62 bits per heavy atom. The molecule has 0 N–H and O–H groups in total. The van der Waals surface area contributed by atoms with Crippen LogP contribution in [0.15, 0.2) is 18.2 Å². The molecule has 82 valence electrons. The highest BCUT2D eigenvalue weighted by Gasteiger charge is 2.53. The maximum atomic E-state index is 11.9. The number of rotatable bonds is 0. The van der Waals surface area contributed by atoms with Crippen LogP contribution < -0.4 is 4.74 Å². The molecule has 3 rings (SSSR count). The quantitative estimate of drug-likeness (QED) is 0.542. The van der Waals surface area contributed by atoms with Crippen LogP contribution in [0.1, 0.15) is 29.6 Å². The van der Waals surface area contributed by atoms with Crippen LogP contribution in [0.3, 0.4) is 0 Å². The van der Waals surface area contributed by atoms with Crippen LogP contribution in [0, 0.1) is 3.57 Å². The van der Waals surface area contributed by atoms with Gasteiger partial charge in [-0.25, -0.2) is 0 Å². The number of ketones is 2. The maximum absolute atomic E-state index is 11.9. The van der Waals surface area contributed by atoms with E-state index in [9.17, 15) is 9.59 Å². The molecular weight excluding hydrogens is 319 g/mol. The Labute approximate surface area is 106 Å². The lowest BCUT2D eigenvalue weighted by Crippen LogP contribution is -2.56. The van der Waals surface area contributed by atoms with Gasteiger partial charge in [0, 0.05) is 3.57 Å². The lowest BCUT2D eigenvalue weighted by Gasteiger charge is -2.42. The van der Waals surface area contributed by atoms with Gasteiger partial charge in [0.15, 0.2) is 5.60 Å². The van der Waals surface area contributed by atoms with Crippen molar-refractivity contribution in [1.29, 1.82) is 0 Å². The average molecular weight is 328 g/mol. The van der Waals surface area contributed by atoms with Crippen molar-refractivity contribution in [2.45, 2.75) is 24.9 Å². The summed E-state index contributed by atoms with van der Waals surface area (Å²) in [4.78, 5) is 23.8. The van der Waals surface area contributed by atoms with Gasteiger partial charge in [0.2, 0.25) is 11.6 Å². The molecule has 16 heavy (non-hydrogen) atoms. The van der Waals surface area contributed by atoms with Gasteiger partial charge < -0.3 is 4.74 Å². The molecule has 1 heterocycles. The fourth-order valence-electron chi connectivity index (χ4n) is 2.18. The minimum atomic E-state index is -0.825. The van der Waals surface area contributed by atoms with Crippen LogP contribution in [0.2, 0.25) is 0 Å². The highest BCUT2D eigenvalue weighted by Crippen LogP contribution is 2.43. The van der Waals surface area contributed by atoms with Crippen LogP contribution >= 0.6 is 22.6 Å². The van der Waals surface area contributed by atoms with Gasteiger partial charge in [0.25, 0.3) is 0 Å². The molecule has 0 amide bonds. The fraction of sp³-hybridized carbons (Fsp3) is 0.333. The Morgan fingerprint density at radius 2 is 2.00 bits per heavy atom. The molecule has 4 heteroatoms. The topological polar surface area (TPSA) is 43.4 Å². The van der Waals surface area contributed by atoms with Crippen LogP contribution in [0.5, 0.6) is 5.75 Å². The third-order valence-electron chi connectivity index (χ3n) is 3.27. The number of halogens is 1. The smallest absolute Gasteiger partial charge is 0.246 e. The molecule has 0 bridgehead atoms. The monoisotopic (exact) mass is 328 g/mol. The lowest BCUT2D eigenvalue weighted by atomic mass is 9.73. The van der Waals surface area contributed by atoms with Crippen molar-refractivity contribution in [2.24, 2.45) is 0 Å². The van der Waals surface area contributed by atoms with E-state index in [2.05, 4.69) is 22.6 Å². The van der Waals surface area contributed by atoms with Gasteiger partial charge in [-0.05, 0) is 60.1 Å². The Kier molecular flexibility index (Phi) is 2.11. The zero-order chi connectivity index (χ0) is 11.3. The molecule has 0 aromatic heterocycles. The predicted octanol–water partition coefficient (Wildman–Crippen LogP) is 2.36. The van der Waals surface area contributed by atoms with Crippen molar-refractivity contribution in [3.8, 4) is 5.75 Å². The normalized spacial score (nSPS) is 21.3. The highest BCUT2D eigenvalue weighted by atomic mass is 127. The van der Waals surface area contributed by atoms with Crippen LogP contribution in [0.4, 0.5) is 0 Å². The third kappa shape index (κ3) is 1.25. The first-order valence-corrected chi connectivity index (χ1v) is 6.28. The fourth-order valence-corrected chi connectivity index (χ4v) is 2.64. The largest absolute Gasteiger partial charge is 0.478 e. The zero-order valence-electron chi connectivity index (χ0n) is 8.46. The van der Waals surface area contributed by atoms with Gasteiger partial charge in [-0.2, -0.15) is 0 Å². The minimum Gasteiger partial charge on any atom is -0.478 e.